The van der Waals surface area contributed by atoms with Crippen LogP contribution in [0.2, 0.25) is 0 Å². The molecule has 2 heterocycles. The van der Waals surface area contributed by atoms with Crippen molar-refractivity contribution in [1.29, 1.82) is 0 Å². The Balaban J connectivity index is 2.25. The van der Waals surface area contributed by atoms with E-state index in [1.807, 2.05) is 25.6 Å². The largest absolute Gasteiger partial charge is 0.365 e. The fourth-order valence-corrected chi connectivity index (χ4v) is 2.57. The minimum absolute atomic E-state index is 0.00108. The second kappa shape index (κ2) is 5.80. The number of pyridine rings is 1. The van der Waals surface area contributed by atoms with Gasteiger partial charge in [-0.05, 0) is 36.7 Å². The molecule has 0 spiro atoms. The number of nitro groups is 1. The van der Waals surface area contributed by atoms with Crippen molar-refractivity contribution in [2.75, 3.05) is 5.32 Å². The summed E-state index contributed by atoms with van der Waals surface area (Å²) in [4.78, 5) is 14.5. The highest BCUT2D eigenvalue weighted by Crippen LogP contribution is 2.30. The second-order valence-electron chi connectivity index (χ2n) is 4.81. The third-order valence-electron chi connectivity index (χ3n) is 3.53. The first-order valence-corrected chi connectivity index (χ1v) is 7.14. The molecule has 0 aromatic carbocycles. The van der Waals surface area contributed by atoms with E-state index in [-0.39, 0.29) is 5.69 Å². The van der Waals surface area contributed by atoms with Gasteiger partial charge in [0, 0.05) is 30.4 Å². The van der Waals surface area contributed by atoms with E-state index in [0.29, 0.717) is 22.4 Å². The van der Waals surface area contributed by atoms with Gasteiger partial charge in [-0.3, -0.25) is 14.8 Å². The van der Waals surface area contributed by atoms with Crippen molar-refractivity contribution >= 4 is 27.4 Å². The molecule has 2 rings (SSSR count). The molecule has 112 valence electrons. The number of nitrogens with zero attached hydrogens (tertiary/aromatic N) is 4. The van der Waals surface area contributed by atoms with Crippen LogP contribution in [0.5, 0.6) is 0 Å². The van der Waals surface area contributed by atoms with Gasteiger partial charge in [0.1, 0.15) is 12.0 Å². The lowest BCUT2D eigenvalue weighted by molar-refractivity contribution is -0.385. The van der Waals surface area contributed by atoms with Crippen LogP contribution in [-0.4, -0.2) is 19.7 Å². The van der Waals surface area contributed by atoms with E-state index in [2.05, 4.69) is 31.3 Å². The van der Waals surface area contributed by atoms with Crippen LogP contribution in [-0.2, 0) is 13.6 Å². The zero-order chi connectivity index (χ0) is 15.7. The molecule has 2 aromatic rings. The van der Waals surface area contributed by atoms with Crippen molar-refractivity contribution in [3.63, 3.8) is 0 Å². The molecule has 0 amide bonds. The second-order valence-corrected chi connectivity index (χ2v) is 5.61. The van der Waals surface area contributed by atoms with Crippen LogP contribution in [0, 0.1) is 30.9 Å². The maximum Gasteiger partial charge on any atom is 0.291 e. The van der Waals surface area contributed by atoms with Crippen molar-refractivity contribution in [2.24, 2.45) is 7.05 Å². The van der Waals surface area contributed by atoms with E-state index < -0.39 is 4.92 Å². The molecule has 0 aliphatic heterocycles. The molecule has 0 saturated heterocycles. The maximum atomic E-state index is 10.9. The first-order valence-electron chi connectivity index (χ1n) is 6.35. The van der Waals surface area contributed by atoms with Gasteiger partial charge in [0.25, 0.3) is 5.69 Å². The number of rotatable bonds is 4. The van der Waals surface area contributed by atoms with E-state index in [9.17, 15) is 10.1 Å². The molecule has 1 N–H and O–H groups in total. The summed E-state index contributed by atoms with van der Waals surface area (Å²) in [6, 6.07) is 0. The first-order chi connectivity index (χ1) is 9.82. The van der Waals surface area contributed by atoms with Gasteiger partial charge < -0.3 is 5.32 Å². The van der Waals surface area contributed by atoms with Gasteiger partial charge in [0.2, 0.25) is 0 Å². The molecular formula is C13H16BrN5O2. The summed E-state index contributed by atoms with van der Waals surface area (Å²) in [5.41, 5.74) is 3.69. The van der Waals surface area contributed by atoms with E-state index in [1.54, 1.807) is 6.92 Å². The third kappa shape index (κ3) is 2.90. The lowest BCUT2D eigenvalue weighted by atomic mass is 10.2. The van der Waals surface area contributed by atoms with Gasteiger partial charge in [-0.2, -0.15) is 5.10 Å². The normalized spacial score (nSPS) is 10.7. The molecule has 8 heteroatoms. The topological polar surface area (TPSA) is 85.9 Å². The monoisotopic (exact) mass is 353 g/mol. The average Bonchev–Trinajstić information content (AvgIpc) is 2.65. The molecule has 0 atom stereocenters. The van der Waals surface area contributed by atoms with Crippen LogP contribution in [0.3, 0.4) is 0 Å². The van der Waals surface area contributed by atoms with Gasteiger partial charge >= 0.3 is 0 Å². The minimum atomic E-state index is -0.438. The predicted octanol–water partition coefficient (Wildman–Crippen LogP) is 3.02. The van der Waals surface area contributed by atoms with E-state index in [4.69, 9.17) is 0 Å². The number of hydrogen-bond donors (Lipinski definition) is 1. The van der Waals surface area contributed by atoms with Gasteiger partial charge in [0.05, 0.1) is 15.1 Å². The molecule has 0 aliphatic rings. The Kier molecular flexibility index (Phi) is 4.26. The van der Waals surface area contributed by atoms with Gasteiger partial charge in [-0.25, -0.2) is 4.98 Å². The summed E-state index contributed by atoms with van der Waals surface area (Å²) in [6.07, 6.45) is 1.27. The molecule has 0 bridgehead atoms. The Morgan fingerprint density at radius 1 is 1.43 bits per heavy atom. The highest BCUT2D eigenvalue weighted by molar-refractivity contribution is 9.10. The first kappa shape index (κ1) is 15.4. The quantitative estimate of drug-likeness (QED) is 0.674. The lowest BCUT2D eigenvalue weighted by Crippen LogP contribution is -2.06. The minimum Gasteiger partial charge on any atom is -0.365 e. The molecule has 0 unspecified atom stereocenters. The Morgan fingerprint density at radius 2 is 2.10 bits per heavy atom. The van der Waals surface area contributed by atoms with Crippen molar-refractivity contribution in [3.8, 4) is 0 Å². The fourth-order valence-electron chi connectivity index (χ4n) is 2.12. The Labute approximate surface area is 130 Å². The van der Waals surface area contributed by atoms with Crippen LogP contribution in [0.4, 0.5) is 11.5 Å². The fraction of sp³-hybridized carbons (Fsp3) is 0.385. The van der Waals surface area contributed by atoms with E-state index >= 15 is 0 Å². The predicted molar refractivity (Wildman–Crippen MR) is 83.3 cm³/mol. The molecule has 7 nitrogen and oxygen atoms in total. The highest BCUT2D eigenvalue weighted by atomic mass is 79.9. The maximum absolute atomic E-state index is 10.9. The van der Waals surface area contributed by atoms with Gasteiger partial charge in [-0.15, -0.1) is 0 Å². The summed E-state index contributed by atoms with van der Waals surface area (Å²) in [5, 5.41) is 18.4. The molecule has 0 saturated carbocycles. The number of aromatic nitrogens is 3. The van der Waals surface area contributed by atoms with E-state index in [1.165, 1.54) is 6.20 Å². The van der Waals surface area contributed by atoms with Crippen LogP contribution in [0.1, 0.15) is 22.5 Å². The SMILES string of the molecule is Cc1nn(C)c(C)c1CNc1ncc([N+](=O)[O-])c(C)c1Br. The molecule has 2 aromatic heterocycles. The summed E-state index contributed by atoms with van der Waals surface area (Å²) < 4.78 is 2.44. The number of nitrogens with one attached hydrogen (secondary N) is 1. The average molecular weight is 354 g/mol. The van der Waals surface area contributed by atoms with Crippen molar-refractivity contribution in [2.45, 2.75) is 27.3 Å². The zero-order valence-corrected chi connectivity index (χ0v) is 13.9. The van der Waals surface area contributed by atoms with Crippen LogP contribution < -0.4 is 5.32 Å². The summed E-state index contributed by atoms with van der Waals surface area (Å²) >= 11 is 3.36. The number of anilines is 1. The molecule has 0 radical (unpaired) electrons. The Bertz CT molecular complexity index is 711. The summed E-state index contributed by atoms with van der Waals surface area (Å²) in [7, 11) is 1.90. The standard InChI is InChI=1S/C13H16BrN5O2/c1-7-11(19(20)21)6-16-13(12(7)14)15-5-10-8(2)17-18(4)9(10)3/h6H,5H2,1-4H3,(H,15,16). The highest BCUT2D eigenvalue weighted by Gasteiger charge is 2.17. The van der Waals surface area contributed by atoms with Crippen LogP contribution in [0.15, 0.2) is 10.7 Å². The number of aryl methyl sites for hydroxylation is 2. The van der Waals surface area contributed by atoms with Crippen molar-refractivity contribution in [1.82, 2.24) is 14.8 Å². The zero-order valence-electron chi connectivity index (χ0n) is 12.3. The summed E-state index contributed by atoms with van der Waals surface area (Å²) in [6.45, 7) is 6.21. The van der Waals surface area contributed by atoms with Gasteiger partial charge in [-0.1, -0.05) is 0 Å². The Hall–Kier alpha value is -1.96. The molecule has 21 heavy (non-hydrogen) atoms. The van der Waals surface area contributed by atoms with Gasteiger partial charge in [0.15, 0.2) is 0 Å². The van der Waals surface area contributed by atoms with Crippen LogP contribution >= 0.6 is 15.9 Å². The number of hydrogen-bond acceptors (Lipinski definition) is 5. The molecule has 0 fully saturated rings. The van der Waals surface area contributed by atoms with E-state index in [0.717, 1.165) is 17.0 Å². The smallest absolute Gasteiger partial charge is 0.291 e. The molecule has 0 aliphatic carbocycles. The number of halogens is 1. The van der Waals surface area contributed by atoms with Crippen molar-refractivity contribution in [3.05, 3.63) is 43.3 Å². The van der Waals surface area contributed by atoms with Crippen LogP contribution in [0.25, 0.3) is 0 Å². The Morgan fingerprint density at radius 3 is 2.62 bits per heavy atom. The molecular weight excluding hydrogens is 338 g/mol. The van der Waals surface area contributed by atoms with Crippen molar-refractivity contribution < 1.29 is 4.92 Å². The lowest BCUT2D eigenvalue weighted by Gasteiger charge is -2.10. The third-order valence-corrected chi connectivity index (χ3v) is 4.50. The summed E-state index contributed by atoms with van der Waals surface area (Å²) in [5.74, 6) is 0.584.